The lowest BCUT2D eigenvalue weighted by Crippen LogP contribution is -2.10. The third kappa shape index (κ3) is 3.60. The highest BCUT2D eigenvalue weighted by molar-refractivity contribution is 7.99. The third-order valence-corrected chi connectivity index (χ3v) is 4.66. The summed E-state index contributed by atoms with van der Waals surface area (Å²) in [5, 5.41) is 8.51. The van der Waals surface area contributed by atoms with Crippen molar-refractivity contribution < 1.29 is 17.6 Å². The lowest BCUT2D eigenvalue weighted by molar-refractivity contribution is -0.141. The average molecular weight is 404 g/mol. The van der Waals surface area contributed by atoms with Crippen LogP contribution in [0.1, 0.15) is 5.69 Å². The summed E-state index contributed by atoms with van der Waals surface area (Å²) in [7, 11) is 1.69. The summed E-state index contributed by atoms with van der Waals surface area (Å²) >= 11 is 0.952. The normalized spacial score (nSPS) is 11.7. The van der Waals surface area contributed by atoms with Gasteiger partial charge in [0, 0.05) is 31.1 Å². The minimum Gasteiger partial charge on any atom is -0.461 e. The van der Waals surface area contributed by atoms with Crippen LogP contribution in [0.15, 0.2) is 63.6 Å². The molecule has 0 unspecified atom stereocenters. The van der Waals surface area contributed by atoms with E-state index in [1.807, 2.05) is 0 Å². The Labute approximate surface area is 160 Å². The van der Waals surface area contributed by atoms with Crippen LogP contribution in [-0.2, 0) is 13.2 Å². The molecule has 142 valence electrons. The van der Waals surface area contributed by atoms with E-state index in [4.69, 9.17) is 4.42 Å². The molecule has 0 spiro atoms. The van der Waals surface area contributed by atoms with Crippen LogP contribution in [0.25, 0.3) is 23.0 Å². The summed E-state index contributed by atoms with van der Waals surface area (Å²) in [5.41, 5.74) is -0.609. The van der Waals surface area contributed by atoms with Gasteiger partial charge in [0.2, 0.25) is 0 Å². The third-order valence-electron chi connectivity index (χ3n) is 3.70. The molecule has 0 aliphatic rings. The Balaban J connectivity index is 1.74. The molecule has 0 atom stereocenters. The first kappa shape index (κ1) is 18.2. The molecule has 0 radical (unpaired) electrons. The van der Waals surface area contributed by atoms with Gasteiger partial charge in [0.25, 0.3) is 0 Å². The minimum atomic E-state index is -4.61. The van der Waals surface area contributed by atoms with Crippen molar-refractivity contribution in [3.05, 3.63) is 54.7 Å². The molecular formula is C17H11F3N6OS. The van der Waals surface area contributed by atoms with Crippen molar-refractivity contribution >= 4 is 11.8 Å². The summed E-state index contributed by atoms with van der Waals surface area (Å²) in [4.78, 5) is 11.8. The Morgan fingerprint density at radius 3 is 2.54 bits per heavy atom. The maximum Gasteiger partial charge on any atom is 0.433 e. The summed E-state index contributed by atoms with van der Waals surface area (Å²) in [6.07, 6.45) is -0.189. The molecule has 28 heavy (non-hydrogen) atoms. The second kappa shape index (κ2) is 7.08. The Morgan fingerprint density at radius 2 is 1.86 bits per heavy atom. The number of alkyl halides is 3. The number of rotatable bonds is 4. The fourth-order valence-electron chi connectivity index (χ4n) is 2.37. The van der Waals surface area contributed by atoms with E-state index in [1.165, 1.54) is 18.7 Å². The molecule has 4 rings (SSSR count). The van der Waals surface area contributed by atoms with Crippen LogP contribution in [0.2, 0.25) is 0 Å². The Morgan fingerprint density at radius 1 is 1.07 bits per heavy atom. The number of hydrogen-bond donors (Lipinski definition) is 0. The van der Waals surface area contributed by atoms with E-state index in [1.54, 1.807) is 35.9 Å². The number of pyridine rings is 1. The van der Waals surface area contributed by atoms with Crippen molar-refractivity contribution in [3.63, 3.8) is 0 Å². The van der Waals surface area contributed by atoms with Crippen molar-refractivity contribution in [1.29, 1.82) is 0 Å². The summed E-state index contributed by atoms with van der Waals surface area (Å²) in [6, 6.07) is 7.39. The highest BCUT2D eigenvalue weighted by Crippen LogP contribution is 2.34. The van der Waals surface area contributed by atoms with Gasteiger partial charge < -0.3 is 8.98 Å². The predicted octanol–water partition coefficient (Wildman–Crippen LogP) is 4.10. The topological polar surface area (TPSA) is 82.5 Å². The van der Waals surface area contributed by atoms with Crippen molar-refractivity contribution in [2.45, 2.75) is 16.4 Å². The molecule has 7 nitrogen and oxygen atoms in total. The minimum absolute atomic E-state index is 0.0480. The molecule has 0 aromatic carbocycles. The van der Waals surface area contributed by atoms with E-state index in [0.29, 0.717) is 22.3 Å². The Kier molecular flexibility index (Phi) is 4.59. The van der Waals surface area contributed by atoms with E-state index in [-0.39, 0.29) is 10.9 Å². The first-order chi connectivity index (χ1) is 13.4. The Bertz CT molecular complexity index is 1100. The van der Waals surface area contributed by atoms with Gasteiger partial charge >= 0.3 is 6.18 Å². The van der Waals surface area contributed by atoms with E-state index >= 15 is 0 Å². The largest absolute Gasteiger partial charge is 0.461 e. The summed E-state index contributed by atoms with van der Waals surface area (Å²) in [5.74, 6) is 0.901. The molecule has 0 saturated carbocycles. The summed E-state index contributed by atoms with van der Waals surface area (Å²) < 4.78 is 46.9. The molecule has 4 aromatic heterocycles. The maximum absolute atomic E-state index is 13.3. The average Bonchev–Trinajstić information content (AvgIpc) is 3.32. The molecule has 0 aliphatic heterocycles. The van der Waals surface area contributed by atoms with Gasteiger partial charge in [-0.25, -0.2) is 9.97 Å². The second-order valence-corrected chi connectivity index (χ2v) is 6.58. The molecule has 11 heteroatoms. The number of furan rings is 1. The van der Waals surface area contributed by atoms with Gasteiger partial charge in [-0.15, -0.1) is 10.2 Å². The van der Waals surface area contributed by atoms with E-state index in [0.717, 1.165) is 17.8 Å². The van der Waals surface area contributed by atoms with Gasteiger partial charge in [-0.2, -0.15) is 13.2 Å². The zero-order chi connectivity index (χ0) is 19.7. The van der Waals surface area contributed by atoms with Gasteiger partial charge in [0.15, 0.2) is 22.6 Å². The lowest BCUT2D eigenvalue weighted by Gasteiger charge is -2.10. The van der Waals surface area contributed by atoms with Crippen LogP contribution in [-0.4, -0.2) is 29.7 Å². The maximum atomic E-state index is 13.3. The molecule has 0 aliphatic carbocycles. The van der Waals surface area contributed by atoms with Crippen LogP contribution in [0.5, 0.6) is 0 Å². The number of halogens is 3. The standard InChI is InChI=1S/C17H11F3N6OS/c1-26-15(11-3-2-8-27-11)24-25-16(26)28-13-9-12(17(18,19)20)22-14(23-13)10-4-6-21-7-5-10/h2-9H,1H3. The van der Waals surface area contributed by atoms with Crippen molar-refractivity contribution in [3.8, 4) is 23.0 Å². The molecule has 0 fully saturated rings. The van der Waals surface area contributed by atoms with Gasteiger partial charge in [-0.05, 0) is 36.0 Å². The zero-order valence-corrected chi connectivity index (χ0v) is 15.1. The fourth-order valence-corrected chi connectivity index (χ4v) is 3.17. The van der Waals surface area contributed by atoms with Gasteiger partial charge in [0.1, 0.15) is 10.7 Å². The molecule has 4 heterocycles. The van der Waals surface area contributed by atoms with Crippen LogP contribution < -0.4 is 0 Å². The smallest absolute Gasteiger partial charge is 0.433 e. The quantitative estimate of drug-likeness (QED) is 0.474. The van der Waals surface area contributed by atoms with E-state index in [2.05, 4.69) is 25.1 Å². The monoisotopic (exact) mass is 404 g/mol. The number of hydrogen-bond acceptors (Lipinski definition) is 7. The zero-order valence-electron chi connectivity index (χ0n) is 14.3. The molecule has 0 N–H and O–H groups in total. The van der Waals surface area contributed by atoms with Gasteiger partial charge in [0.05, 0.1) is 6.26 Å². The first-order valence-electron chi connectivity index (χ1n) is 7.89. The molecule has 0 amide bonds. The van der Waals surface area contributed by atoms with Crippen LogP contribution >= 0.6 is 11.8 Å². The summed E-state index contributed by atoms with van der Waals surface area (Å²) in [6.45, 7) is 0. The highest BCUT2D eigenvalue weighted by atomic mass is 32.2. The number of aromatic nitrogens is 6. The lowest BCUT2D eigenvalue weighted by atomic mass is 10.2. The highest BCUT2D eigenvalue weighted by Gasteiger charge is 2.34. The molecular weight excluding hydrogens is 393 g/mol. The fraction of sp³-hybridized carbons (Fsp3) is 0.118. The van der Waals surface area contributed by atoms with Crippen LogP contribution in [0.4, 0.5) is 13.2 Å². The van der Waals surface area contributed by atoms with Gasteiger partial charge in [-0.1, -0.05) is 0 Å². The Hall–Kier alpha value is -3.21. The van der Waals surface area contributed by atoms with E-state index < -0.39 is 11.9 Å². The van der Waals surface area contributed by atoms with Crippen molar-refractivity contribution in [2.75, 3.05) is 0 Å². The van der Waals surface area contributed by atoms with Crippen LogP contribution in [0.3, 0.4) is 0 Å². The van der Waals surface area contributed by atoms with E-state index in [9.17, 15) is 13.2 Å². The number of nitrogens with zero attached hydrogens (tertiary/aromatic N) is 6. The second-order valence-electron chi connectivity index (χ2n) is 5.59. The van der Waals surface area contributed by atoms with Gasteiger partial charge in [-0.3, -0.25) is 4.98 Å². The molecule has 0 bridgehead atoms. The SMILES string of the molecule is Cn1c(Sc2cc(C(F)(F)F)nc(-c3ccncc3)n2)nnc1-c1ccco1. The molecule has 4 aromatic rings. The predicted molar refractivity (Wildman–Crippen MR) is 93.1 cm³/mol. The first-order valence-corrected chi connectivity index (χ1v) is 8.71. The van der Waals surface area contributed by atoms with Crippen LogP contribution in [0, 0.1) is 0 Å². The molecule has 0 saturated heterocycles. The van der Waals surface area contributed by atoms with Crippen molar-refractivity contribution in [1.82, 2.24) is 29.7 Å². The van der Waals surface area contributed by atoms with Crippen molar-refractivity contribution in [2.24, 2.45) is 7.05 Å².